The fourth-order valence-electron chi connectivity index (χ4n) is 3.00. The van der Waals surface area contributed by atoms with Gasteiger partial charge in [-0.2, -0.15) is 0 Å². The molecule has 0 atom stereocenters. The molecule has 108 valence electrons. The Kier molecular flexibility index (Phi) is 3.76. The number of anilines is 1. The van der Waals surface area contributed by atoms with Crippen molar-refractivity contribution in [1.82, 2.24) is 0 Å². The molecule has 1 aliphatic heterocycles. The Morgan fingerprint density at radius 3 is 2.60 bits per heavy atom. The van der Waals surface area contributed by atoms with Gasteiger partial charge >= 0.3 is 5.97 Å². The lowest BCUT2D eigenvalue weighted by molar-refractivity contribution is 0.0526. The molecule has 1 saturated carbocycles. The molecule has 20 heavy (non-hydrogen) atoms. The van der Waals surface area contributed by atoms with Crippen LogP contribution < -0.4 is 4.90 Å². The molecule has 3 rings (SSSR count). The van der Waals surface area contributed by atoms with Gasteiger partial charge in [0.15, 0.2) is 0 Å². The molecule has 1 saturated heterocycles. The maximum atomic E-state index is 11.8. The van der Waals surface area contributed by atoms with Crippen LogP contribution in [0.15, 0.2) is 22.7 Å². The van der Waals surface area contributed by atoms with E-state index in [1.54, 1.807) is 0 Å². The predicted molar refractivity (Wildman–Crippen MR) is 83.2 cm³/mol. The summed E-state index contributed by atoms with van der Waals surface area (Å²) < 4.78 is 6.13. The number of carbonyl (C=O) groups excluding carboxylic acids is 1. The molecular formula is C16H20BrNO2. The molecule has 4 heteroatoms. The highest BCUT2D eigenvalue weighted by atomic mass is 79.9. The summed E-state index contributed by atoms with van der Waals surface area (Å²) in [6.07, 6.45) is 5.38. The van der Waals surface area contributed by atoms with E-state index >= 15 is 0 Å². The molecule has 3 nitrogen and oxygen atoms in total. The SMILES string of the molecule is CCOC(=O)c1ccc(Br)c(N2CCC3(CC2)CC3)c1. The van der Waals surface area contributed by atoms with Crippen molar-refractivity contribution >= 4 is 27.6 Å². The Morgan fingerprint density at radius 2 is 2.00 bits per heavy atom. The molecular weight excluding hydrogens is 318 g/mol. The predicted octanol–water partition coefficient (Wildman–Crippen LogP) is 4.01. The summed E-state index contributed by atoms with van der Waals surface area (Å²) in [5.74, 6) is -0.239. The van der Waals surface area contributed by atoms with E-state index in [2.05, 4.69) is 20.8 Å². The Hall–Kier alpha value is -1.03. The number of halogens is 1. The van der Waals surface area contributed by atoms with Crippen LogP contribution in [-0.2, 0) is 4.74 Å². The van der Waals surface area contributed by atoms with Gasteiger partial charge in [-0.25, -0.2) is 4.79 Å². The summed E-state index contributed by atoms with van der Waals surface area (Å²) in [4.78, 5) is 14.2. The van der Waals surface area contributed by atoms with Crippen LogP contribution in [0.25, 0.3) is 0 Å². The smallest absolute Gasteiger partial charge is 0.338 e. The third kappa shape index (κ3) is 2.71. The van der Waals surface area contributed by atoms with Crippen molar-refractivity contribution in [3.8, 4) is 0 Å². The van der Waals surface area contributed by atoms with Crippen LogP contribution in [0.1, 0.15) is 43.0 Å². The molecule has 1 aliphatic carbocycles. The molecule has 2 fully saturated rings. The zero-order chi connectivity index (χ0) is 14.2. The van der Waals surface area contributed by atoms with E-state index in [0.717, 1.165) is 23.2 Å². The fraction of sp³-hybridized carbons (Fsp3) is 0.562. The lowest BCUT2D eigenvalue weighted by atomic mass is 9.93. The molecule has 0 radical (unpaired) electrons. The largest absolute Gasteiger partial charge is 0.462 e. The molecule has 0 unspecified atom stereocenters. The minimum absolute atomic E-state index is 0.239. The van der Waals surface area contributed by atoms with E-state index in [0.29, 0.717) is 17.6 Å². The summed E-state index contributed by atoms with van der Waals surface area (Å²) in [6, 6.07) is 5.72. The van der Waals surface area contributed by atoms with Crippen molar-refractivity contribution in [3.05, 3.63) is 28.2 Å². The second-order valence-corrected chi connectivity index (χ2v) is 6.73. The number of carbonyl (C=O) groups is 1. The molecule has 0 N–H and O–H groups in total. The molecule has 2 aliphatic rings. The van der Waals surface area contributed by atoms with E-state index in [-0.39, 0.29) is 5.97 Å². The number of nitrogens with zero attached hydrogens (tertiary/aromatic N) is 1. The van der Waals surface area contributed by atoms with Gasteiger partial charge in [0.2, 0.25) is 0 Å². The minimum Gasteiger partial charge on any atom is -0.462 e. The number of rotatable bonds is 3. The van der Waals surface area contributed by atoms with Gasteiger partial charge in [-0.1, -0.05) is 0 Å². The third-order valence-electron chi connectivity index (χ3n) is 4.58. The van der Waals surface area contributed by atoms with Crippen LogP contribution in [0.4, 0.5) is 5.69 Å². The van der Waals surface area contributed by atoms with Crippen LogP contribution >= 0.6 is 15.9 Å². The Bertz CT molecular complexity index is 515. The van der Waals surface area contributed by atoms with Gasteiger partial charge in [0, 0.05) is 17.6 Å². The van der Waals surface area contributed by atoms with E-state index in [1.807, 2.05) is 25.1 Å². The normalized spacial score (nSPS) is 20.0. The highest BCUT2D eigenvalue weighted by molar-refractivity contribution is 9.10. The first-order chi connectivity index (χ1) is 9.63. The molecule has 0 amide bonds. The van der Waals surface area contributed by atoms with Crippen molar-refractivity contribution in [2.75, 3.05) is 24.6 Å². The third-order valence-corrected chi connectivity index (χ3v) is 5.25. The minimum atomic E-state index is -0.239. The van der Waals surface area contributed by atoms with Crippen molar-refractivity contribution in [3.63, 3.8) is 0 Å². The average Bonchev–Trinajstić information content (AvgIpc) is 3.20. The number of hydrogen-bond donors (Lipinski definition) is 0. The molecule has 1 aromatic rings. The topological polar surface area (TPSA) is 29.5 Å². The quantitative estimate of drug-likeness (QED) is 0.780. The van der Waals surface area contributed by atoms with Crippen molar-refractivity contribution < 1.29 is 9.53 Å². The van der Waals surface area contributed by atoms with Crippen LogP contribution in [0.2, 0.25) is 0 Å². The van der Waals surface area contributed by atoms with Gasteiger partial charge in [0.1, 0.15) is 0 Å². The average molecular weight is 338 g/mol. The van der Waals surface area contributed by atoms with Crippen molar-refractivity contribution in [2.24, 2.45) is 5.41 Å². The summed E-state index contributed by atoms with van der Waals surface area (Å²) in [5.41, 5.74) is 2.42. The van der Waals surface area contributed by atoms with Crippen LogP contribution in [0, 0.1) is 5.41 Å². The standard InChI is InChI=1S/C16H20BrNO2/c1-2-20-15(19)12-3-4-13(17)14(11-12)18-9-7-16(5-6-16)8-10-18/h3-4,11H,2,5-10H2,1H3. The highest BCUT2D eigenvalue weighted by Gasteiger charge is 2.44. The van der Waals surface area contributed by atoms with Crippen molar-refractivity contribution in [2.45, 2.75) is 32.6 Å². The first kappa shape index (κ1) is 13.9. The number of hydrogen-bond acceptors (Lipinski definition) is 3. The maximum Gasteiger partial charge on any atom is 0.338 e. The fourth-order valence-corrected chi connectivity index (χ4v) is 3.49. The van der Waals surface area contributed by atoms with Crippen LogP contribution in [0.5, 0.6) is 0 Å². The Morgan fingerprint density at radius 1 is 1.30 bits per heavy atom. The van der Waals surface area contributed by atoms with E-state index in [9.17, 15) is 4.79 Å². The monoisotopic (exact) mass is 337 g/mol. The number of ether oxygens (including phenoxy) is 1. The summed E-state index contributed by atoms with van der Waals surface area (Å²) in [5, 5.41) is 0. The summed E-state index contributed by atoms with van der Waals surface area (Å²) >= 11 is 3.60. The molecule has 1 heterocycles. The van der Waals surface area contributed by atoms with Crippen molar-refractivity contribution in [1.29, 1.82) is 0 Å². The van der Waals surface area contributed by atoms with Crippen LogP contribution in [0.3, 0.4) is 0 Å². The van der Waals surface area contributed by atoms with E-state index < -0.39 is 0 Å². The molecule has 0 aromatic heterocycles. The number of esters is 1. The van der Waals surface area contributed by atoms with E-state index in [1.165, 1.54) is 25.7 Å². The zero-order valence-electron chi connectivity index (χ0n) is 11.8. The second-order valence-electron chi connectivity index (χ2n) is 5.87. The first-order valence-electron chi connectivity index (χ1n) is 7.35. The van der Waals surface area contributed by atoms with Crippen LogP contribution in [-0.4, -0.2) is 25.7 Å². The van der Waals surface area contributed by atoms with E-state index in [4.69, 9.17) is 4.74 Å². The second kappa shape index (κ2) is 5.40. The first-order valence-corrected chi connectivity index (χ1v) is 8.14. The molecule has 0 bridgehead atoms. The molecule has 1 aromatic carbocycles. The van der Waals surface area contributed by atoms with Gasteiger partial charge in [-0.15, -0.1) is 0 Å². The maximum absolute atomic E-state index is 11.8. The van der Waals surface area contributed by atoms with Gasteiger partial charge < -0.3 is 9.64 Å². The number of piperidine rings is 1. The summed E-state index contributed by atoms with van der Waals surface area (Å²) in [7, 11) is 0. The number of benzene rings is 1. The van der Waals surface area contributed by atoms with Gasteiger partial charge in [0.05, 0.1) is 17.9 Å². The zero-order valence-corrected chi connectivity index (χ0v) is 13.4. The highest BCUT2D eigenvalue weighted by Crippen LogP contribution is 2.54. The van der Waals surface area contributed by atoms with Gasteiger partial charge in [-0.05, 0) is 72.2 Å². The summed E-state index contributed by atoms with van der Waals surface area (Å²) in [6.45, 7) is 4.42. The Labute approximate surface area is 128 Å². The lowest BCUT2D eigenvalue weighted by Crippen LogP contribution is -2.34. The molecule has 1 spiro atoms. The Balaban J connectivity index is 1.77. The van der Waals surface area contributed by atoms with Gasteiger partial charge in [0.25, 0.3) is 0 Å². The van der Waals surface area contributed by atoms with Gasteiger partial charge in [-0.3, -0.25) is 0 Å². The lowest BCUT2D eigenvalue weighted by Gasteiger charge is -2.34.